The molecule has 3 N–H and O–H groups in total. The van der Waals surface area contributed by atoms with Crippen molar-refractivity contribution in [3.05, 3.63) is 29.3 Å². The molecule has 0 saturated carbocycles. The van der Waals surface area contributed by atoms with Crippen LogP contribution in [0.5, 0.6) is 0 Å². The van der Waals surface area contributed by atoms with E-state index < -0.39 is 0 Å². The summed E-state index contributed by atoms with van der Waals surface area (Å²) in [5.41, 5.74) is 9.63. The standard InChI is InChI=1S/C15H22N2O/c1-15(2,3)14(16)11-7-8-12-10(9-11)5-4-6-13(18)17-12/h7-9,14H,4-6,16H2,1-3H3,(H,17,18). The van der Waals surface area contributed by atoms with Crippen LogP contribution in [0.1, 0.15) is 50.8 Å². The Morgan fingerprint density at radius 2 is 2.00 bits per heavy atom. The van der Waals surface area contributed by atoms with Crippen LogP contribution in [0.3, 0.4) is 0 Å². The average molecular weight is 246 g/mol. The van der Waals surface area contributed by atoms with Crippen molar-refractivity contribution in [3.63, 3.8) is 0 Å². The molecule has 0 radical (unpaired) electrons. The van der Waals surface area contributed by atoms with Crippen molar-refractivity contribution in [2.24, 2.45) is 11.1 Å². The van der Waals surface area contributed by atoms with E-state index in [2.05, 4.69) is 32.2 Å². The van der Waals surface area contributed by atoms with E-state index in [0.717, 1.165) is 24.1 Å². The van der Waals surface area contributed by atoms with Crippen molar-refractivity contribution in [2.45, 2.75) is 46.1 Å². The molecule has 0 spiro atoms. The van der Waals surface area contributed by atoms with Crippen LogP contribution in [0.15, 0.2) is 18.2 Å². The maximum absolute atomic E-state index is 11.5. The molecular formula is C15H22N2O. The van der Waals surface area contributed by atoms with Gasteiger partial charge in [-0.1, -0.05) is 32.9 Å². The fourth-order valence-electron chi connectivity index (χ4n) is 2.29. The summed E-state index contributed by atoms with van der Waals surface area (Å²) in [5, 5.41) is 2.95. The van der Waals surface area contributed by atoms with E-state index in [4.69, 9.17) is 5.73 Å². The zero-order chi connectivity index (χ0) is 13.3. The molecule has 1 unspecified atom stereocenters. The van der Waals surface area contributed by atoms with Crippen LogP contribution in [0.2, 0.25) is 0 Å². The van der Waals surface area contributed by atoms with Gasteiger partial charge in [0.05, 0.1) is 0 Å². The lowest BCUT2D eigenvalue weighted by Crippen LogP contribution is -2.26. The second-order valence-electron chi connectivity index (χ2n) is 6.16. The summed E-state index contributed by atoms with van der Waals surface area (Å²) in [4.78, 5) is 11.5. The van der Waals surface area contributed by atoms with Gasteiger partial charge in [-0.25, -0.2) is 0 Å². The molecular weight excluding hydrogens is 224 g/mol. The zero-order valence-corrected chi connectivity index (χ0v) is 11.4. The fourth-order valence-corrected chi connectivity index (χ4v) is 2.29. The topological polar surface area (TPSA) is 55.1 Å². The second-order valence-corrected chi connectivity index (χ2v) is 6.16. The smallest absolute Gasteiger partial charge is 0.224 e. The quantitative estimate of drug-likeness (QED) is 0.800. The highest BCUT2D eigenvalue weighted by molar-refractivity contribution is 5.92. The van der Waals surface area contributed by atoms with Crippen LogP contribution >= 0.6 is 0 Å². The summed E-state index contributed by atoms with van der Waals surface area (Å²) in [6.07, 6.45) is 2.46. The van der Waals surface area contributed by atoms with Crippen LogP contribution in [-0.4, -0.2) is 5.91 Å². The van der Waals surface area contributed by atoms with E-state index in [1.807, 2.05) is 12.1 Å². The number of hydrogen-bond acceptors (Lipinski definition) is 2. The first-order chi connectivity index (χ1) is 8.38. The number of carbonyl (C=O) groups is 1. The van der Waals surface area contributed by atoms with Gasteiger partial charge in [-0.15, -0.1) is 0 Å². The number of nitrogens with two attached hydrogens (primary N) is 1. The van der Waals surface area contributed by atoms with Crippen LogP contribution in [-0.2, 0) is 11.2 Å². The molecule has 1 aromatic carbocycles. The normalized spacial score (nSPS) is 17.7. The van der Waals surface area contributed by atoms with Gasteiger partial charge >= 0.3 is 0 Å². The molecule has 3 nitrogen and oxygen atoms in total. The van der Waals surface area contributed by atoms with E-state index in [0.29, 0.717) is 6.42 Å². The lowest BCUT2D eigenvalue weighted by atomic mass is 9.82. The molecule has 1 heterocycles. The van der Waals surface area contributed by atoms with Crippen molar-refractivity contribution in [1.82, 2.24) is 0 Å². The van der Waals surface area contributed by atoms with Crippen LogP contribution < -0.4 is 11.1 Å². The Labute approximate surface area is 109 Å². The molecule has 1 amide bonds. The summed E-state index contributed by atoms with van der Waals surface area (Å²) < 4.78 is 0. The van der Waals surface area contributed by atoms with Crippen molar-refractivity contribution in [3.8, 4) is 0 Å². The summed E-state index contributed by atoms with van der Waals surface area (Å²) in [5.74, 6) is 0.113. The van der Waals surface area contributed by atoms with Crippen molar-refractivity contribution < 1.29 is 4.79 Å². The van der Waals surface area contributed by atoms with E-state index in [1.54, 1.807) is 0 Å². The number of carbonyl (C=O) groups excluding carboxylic acids is 1. The average Bonchev–Trinajstić information content (AvgIpc) is 2.46. The molecule has 2 rings (SSSR count). The molecule has 0 aliphatic carbocycles. The van der Waals surface area contributed by atoms with Crippen LogP contribution in [0.25, 0.3) is 0 Å². The highest BCUT2D eigenvalue weighted by Crippen LogP contribution is 2.33. The van der Waals surface area contributed by atoms with Gasteiger partial charge < -0.3 is 11.1 Å². The Bertz CT molecular complexity index is 460. The maximum Gasteiger partial charge on any atom is 0.224 e. The van der Waals surface area contributed by atoms with Gasteiger partial charge in [0.1, 0.15) is 0 Å². The minimum atomic E-state index is 0.0155. The summed E-state index contributed by atoms with van der Waals surface area (Å²) in [6.45, 7) is 6.43. The van der Waals surface area contributed by atoms with Gasteiger partial charge in [-0.05, 0) is 35.4 Å². The third-order valence-corrected chi connectivity index (χ3v) is 3.55. The third kappa shape index (κ3) is 2.72. The number of benzene rings is 1. The highest BCUT2D eigenvalue weighted by atomic mass is 16.1. The monoisotopic (exact) mass is 246 g/mol. The lowest BCUT2D eigenvalue weighted by Gasteiger charge is -2.28. The van der Waals surface area contributed by atoms with E-state index in [1.165, 1.54) is 5.56 Å². The lowest BCUT2D eigenvalue weighted by molar-refractivity contribution is -0.116. The number of amides is 1. The maximum atomic E-state index is 11.5. The predicted octanol–water partition coefficient (Wildman–Crippen LogP) is 3.01. The van der Waals surface area contributed by atoms with Gasteiger partial charge in [-0.3, -0.25) is 4.79 Å². The SMILES string of the molecule is CC(C)(C)C(N)c1ccc2c(c1)CCCC(=O)N2. The molecule has 1 atom stereocenters. The first-order valence-corrected chi connectivity index (χ1v) is 6.56. The van der Waals surface area contributed by atoms with E-state index >= 15 is 0 Å². The van der Waals surface area contributed by atoms with Crippen molar-refractivity contribution >= 4 is 11.6 Å². The first kappa shape index (κ1) is 13.1. The highest BCUT2D eigenvalue weighted by Gasteiger charge is 2.23. The van der Waals surface area contributed by atoms with Gasteiger partial charge in [0.2, 0.25) is 5.91 Å². The first-order valence-electron chi connectivity index (χ1n) is 6.56. The molecule has 1 aliphatic rings. The Balaban J connectivity index is 2.32. The van der Waals surface area contributed by atoms with Gasteiger partial charge in [0, 0.05) is 18.2 Å². The molecule has 1 aromatic rings. The molecule has 18 heavy (non-hydrogen) atoms. The van der Waals surface area contributed by atoms with Crippen LogP contribution in [0, 0.1) is 5.41 Å². The number of aryl methyl sites for hydroxylation is 1. The van der Waals surface area contributed by atoms with Gasteiger partial charge in [0.25, 0.3) is 0 Å². The number of rotatable bonds is 1. The Morgan fingerprint density at radius 3 is 2.67 bits per heavy atom. The predicted molar refractivity (Wildman–Crippen MR) is 74.4 cm³/mol. The summed E-state index contributed by atoms with van der Waals surface area (Å²) >= 11 is 0. The van der Waals surface area contributed by atoms with E-state index in [9.17, 15) is 4.79 Å². The van der Waals surface area contributed by atoms with Crippen molar-refractivity contribution in [1.29, 1.82) is 0 Å². The minimum absolute atomic E-state index is 0.0155. The molecule has 0 fully saturated rings. The summed E-state index contributed by atoms with van der Waals surface area (Å²) in [6, 6.07) is 6.18. The summed E-state index contributed by atoms with van der Waals surface area (Å²) in [7, 11) is 0. The molecule has 0 aromatic heterocycles. The van der Waals surface area contributed by atoms with Crippen molar-refractivity contribution in [2.75, 3.05) is 5.32 Å². The van der Waals surface area contributed by atoms with Crippen LogP contribution in [0.4, 0.5) is 5.69 Å². The van der Waals surface area contributed by atoms with Gasteiger partial charge in [-0.2, -0.15) is 0 Å². The number of nitrogens with one attached hydrogen (secondary N) is 1. The second kappa shape index (κ2) is 4.73. The third-order valence-electron chi connectivity index (χ3n) is 3.55. The molecule has 0 saturated heterocycles. The molecule has 3 heteroatoms. The molecule has 0 bridgehead atoms. The minimum Gasteiger partial charge on any atom is -0.326 e. The Kier molecular flexibility index (Phi) is 3.44. The Hall–Kier alpha value is -1.35. The number of anilines is 1. The largest absolute Gasteiger partial charge is 0.326 e. The molecule has 1 aliphatic heterocycles. The number of fused-ring (bicyclic) bond motifs is 1. The Morgan fingerprint density at radius 1 is 1.28 bits per heavy atom. The zero-order valence-electron chi connectivity index (χ0n) is 11.4. The van der Waals surface area contributed by atoms with E-state index in [-0.39, 0.29) is 17.4 Å². The molecule has 98 valence electrons. The van der Waals surface area contributed by atoms with Gasteiger partial charge in [0.15, 0.2) is 0 Å². The fraction of sp³-hybridized carbons (Fsp3) is 0.533. The number of hydrogen-bond donors (Lipinski definition) is 2.